The van der Waals surface area contributed by atoms with Gasteiger partial charge in [0.1, 0.15) is 0 Å². The monoisotopic (exact) mass is 333 g/mol. The van der Waals surface area contributed by atoms with E-state index in [2.05, 4.69) is 14.0 Å². The predicted molar refractivity (Wildman–Crippen MR) is 54.0 cm³/mol. The number of hydrogen-bond donors (Lipinski definition) is 0. The first-order chi connectivity index (χ1) is 7.22. The summed E-state index contributed by atoms with van der Waals surface area (Å²) in [6.07, 6.45) is 2.76. The fourth-order valence-corrected chi connectivity index (χ4v) is 1.54. The van der Waals surface area contributed by atoms with Gasteiger partial charge < -0.3 is 9.22 Å². The molecule has 0 aromatic carbocycles. The van der Waals surface area contributed by atoms with Crippen molar-refractivity contribution in [2.45, 2.75) is 19.8 Å². The van der Waals surface area contributed by atoms with Gasteiger partial charge in [-0.25, -0.2) is 0 Å². The zero-order valence-corrected chi connectivity index (χ0v) is 11.7. The molecule has 0 amide bonds. The van der Waals surface area contributed by atoms with Crippen LogP contribution in [0.1, 0.15) is 19.8 Å². The van der Waals surface area contributed by atoms with Crippen molar-refractivity contribution in [1.82, 2.24) is 0 Å². The Hall–Kier alpha value is 0.0584. The van der Waals surface area contributed by atoms with Crippen LogP contribution in [0.2, 0.25) is 0 Å². The molecular weight excluding hydrogens is 315 g/mol. The summed E-state index contributed by atoms with van der Waals surface area (Å²) in [5.74, 6) is 0. The van der Waals surface area contributed by atoms with Gasteiger partial charge in [0.25, 0.3) is 0 Å². The van der Waals surface area contributed by atoms with Gasteiger partial charge in [-0.1, -0.05) is 0 Å². The first kappa shape index (κ1) is 17.1. The van der Waals surface area contributed by atoms with Crippen molar-refractivity contribution in [1.29, 1.82) is 0 Å². The summed E-state index contributed by atoms with van der Waals surface area (Å²) < 4.78 is 66.0. The molecule has 0 radical (unpaired) electrons. The van der Waals surface area contributed by atoms with Crippen molar-refractivity contribution in [3.63, 3.8) is 0 Å². The zero-order chi connectivity index (χ0) is 13.9. The van der Waals surface area contributed by atoms with E-state index in [1.807, 2.05) is 0 Å². The minimum atomic E-state index is -11.1. The van der Waals surface area contributed by atoms with E-state index in [0.717, 1.165) is 17.8 Å². The molecule has 1 rings (SSSR count). The molecule has 9 heteroatoms. The van der Waals surface area contributed by atoms with Crippen LogP contribution in [0.4, 0.5) is 20.8 Å². The molecule has 0 N–H and O–H groups in total. The number of likely N-dealkylation sites (tertiary alicyclic amines) is 1. The van der Waals surface area contributed by atoms with Crippen LogP contribution in [0.25, 0.3) is 0 Å². The quantitative estimate of drug-likeness (QED) is 0.437. The fraction of sp³-hybridized carbons (Fsp3) is 1.00. The van der Waals surface area contributed by atoms with E-state index >= 15 is 0 Å². The average molecular weight is 333 g/mol. The van der Waals surface area contributed by atoms with E-state index in [1.54, 1.807) is 0 Å². The van der Waals surface area contributed by atoms with Gasteiger partial charge in [-0.3, -0.25) is 0 Å². The Bertz CT molecular complexity index is 233. The normalized spacial score (nSPS) is 23.3. The number of ether oxygens (including phenoxy) is 1. The van der Waals surface area contributed by atoms with E-state index < -0.39 is 14.2 Å². The molecule has 2 nitrogen and oxygen atoms in total. The molecule has 1 fully saturated rings. The molecule has 1 aliphatic heterocycles. The third-order valence-electron chi connectivity index (χ3n) is 2.25. The number of halogens is 6. The van der Waals surface area contributed by atoms with E-state index in [9.17, 15) is 20.8 Å². The Morgan fingerprint density at radius 3 is 1.65 bits per heavy atom. The van der Waals surface area contributed by atoms with Gasteiger partial charge in [0, 0.05) is 19.4 Å². The molecule has 1 saturated heterocycles. The molecule has 108 valence electrons. The zero-order valence-electron chi connectivity index (χ0n) is 9.81. The van der Waals surface area contributed by atoms with Crippen molar-refractivity contribution in [2.24, 2.45) is 0 Å². The second kappa shape index (κ2) is 4.63. The van der Waals surface area contributed by atoms with Crippen molar-refractivity contribution in [3.8, 4) is 0 Å². The second-order valence-corrected chi connectivity index (χ2v) is 8.38. The van der Waals surface area contributed by atoms with E-state index in [1.165, 1.54) is 25.9 Å². The Balaban J connectivity index is 0.000000325. The molecule has 1 aliphatic rings. The molecule has 0 aromatic rings. The van der Waals surface area contributed by atoms with Crippen LogP contribution >= 0.6 is 0 Å². The topological polar surface area (TPSA) is 9.23 Å². The molecule has 0 saturated carbocycles. The first-order valence-corrected chi connectivity index (χ1v) is 9.45. The molecule has 0 bridgehead atoms. The summed E-state index contributed by atoms with van der Waals surface area (Å²) in [4.78, 5) is 0. The Morgan fingerprint density at radius 1 is 1.00 bits per heavy atom. The summed E-state index contributed by atoms with van der Waals surface area (Å²) >= 11 is -11.1. The maximum atomic E-state index is 9.91. The number of hydrogen-bond acceptors (Lipinski definition) is 1. The fourth-order valence-electron chi connectivity index (χ4n) is 1.54. The summed E-state index contributed by atoms with van der Waals surface area (Å²) in [7, 11) is 2.28. The molecule has 0 unspecified atom stereocenters. The third kappa shape index (κ3) is 16.1. The summed E-state index contributed by atoms with van der Waals surface area (Å²) in [5, 5.41) is 0. The Labute approximate surface area is 98.0 Å². The van der Waals surface area contributed by atoms with E-state index in [-0.39, 0.29) is 0 Å². The van der Waals surface area contributed by atoms with Gasteiger partial charge in [-0.05, 0) is 6.92 Å². The maximum absolute atomic E-state index is 11.1. The standard InChI is InChI=1S/C8H18NO.AsF6/c1-3-10-8-9(2)6-4-5-7-9;2-1(3,4,5,6)7/h3-8H2,1-2H3;/q+1;-1. The van der Waals surface area contributed by atoms with Gasteiger partial charge >= 0.3 is 35.0 Å². The summed E-state index contributed by atoms with van der Waals surface area (Å²) in [6.45, 7) is 6.44. The Morgan fingerprint density at radius 2 is 1.35 bits per heavy atom. The van der Waals surface area contributed by atoms with Crippen LogP contribution in [0, 0.1) is 0 Å². The molecule has 0 spiro atoms. The Kier molecular flexibility index (Phi) is 4.64. The van der Waals surface area contributed by atoms with Crippen LogP contribution < -0.4 is 0 Å². The first-order valence-electron chi connectivity index (χ1n) is 5.19. The van der Waals surface area contributed by atoms with Gasteiger partial charge in [0.05, 0.1) is 20.1 Å². The van der Waals surface area contributed by atoms with Crippen LogP contribution in [-0.4, -0.2) is 52.1 Å². The summed E-state index contributed by atoms with van der Waals surface area (Å²) in [6, 6.07) is 0. The van der Waals surface area contributed by atoms with Crippen molar-refractivity contribution in [2.75, 3.05) is 33.5 Å². The SMILES string of the molecule is CCOC[N+]1(C)CCCC1.F[As-](F)(F)(F)(F)F. The van der Waals surface area contributed by atoms with Gasteiger partial charge in [0.15, 0.2) is 6.73 Å². The number of quaternary nitrogens is 1. The van der Waals surface area contributed by atoms with E-state index in [4.69, 9.17) is 4.74 Å². The van der Waals surface area contributed by atoms with Gasteiger partial charge in [-0.2, -0.15) is 0 Å². The minimum absolute atomic E-state index is 0.855. The molecule has 0 aromatic heterocycles. The molecule has 0 atom stereocenters. The van der Waals surface area contributed by atoms with Crippen molar-refractivity contribution < 1.29 is 30.0 Å². The molecular formula is C8H18AsF6NO. The van der Waals surface area contributed by atoms with Crippen molar-refractivity contribution >= 4 is 14.2 Å². The average Bonchev–Trinajstić information content (AvgIpc) is 2.44. The van der Waals surface area contributed by atoms with Gasteiger partial charge in [-0.15, -0.1) is 0 Å². The van der Waals surface area contributed by atoms with Crippen LogP contribution in [-0.2, 0) is 4.74 Å². The molecule has 1 heterocycles. The van der Waals surface area contributed by atoms with E-state index in [0.29, 0.717) is 0 Å². The van der Waals surface area contributed by atoms with Crippen LogP contribution in [0.5, 0.6) is 0 Å². The second-order valence-electron chi connectivity index (χ2n) is 4.35. The molecule has 0 aliphatic carbocycles. The molecule has 17 heavy (non-hydrogen) atoms. The predicted octanol–water partition coefficient (Wildman–Crippen LogP) is 3.36. The van der Waals surface area contributed by atoms with Crippen LogP contribution in [0.3, 0.4) is 0 Å². The third-order valence-corrected chi connectivity index (χ3v) is 2.25. The summed E-state index contributed by atoms with van der Waals surface area (Å²) in [5.41, 5.74) is 0. The van der Waals surface area contributed by atoms with Crippen LogP contribution in [0.15, 0.2) is 0 Å². The number of nitrogens with zero attached hydrogens (tertiary/aromatic N) is 1. The van der Waals surface area contributed by atoms with Gasteiger partial charge in [0.2, 0.25) is 0 Å². The number of rotatable bonds is 3. The van der Waals surface area contributed by atoms with Crippen molar-refractivity contribution in [3.05, 3.63) is 0 Å².